The molecule has 1 amide bonds. The molecule has 2 aliphatic rings. The van der Waals surface area contributed by atoms with Gasteiger partial charge in [0.15, 0.2) is 0 Å². The summed E-state index contributed by atoms with van der Waals surface area (Å²) in [4.78, 5) is 14.7. The summed E-state index contributed by atoms with van der Waals surface area (Å²) in [7, 11) is -3.07. The zero-order valence-electron chi connectivity index (χ0n) is 15.1. The molecule has 3 rings (SSSR count). The maximum Gasteiger partial charge on any atom is 0.253 e. The fraction of sp³-hybridized carbons (Fsp3) is 0.632. The lowest BCUT2D eigenvalue weighted by molar-refractivity contribution is 0.0778. The van der Waals surface area contributed by atoms with E-state index < -0.39 is 10.0 Å². The van der Waals surface area contributed by atoms with Gasteiger partial charge in [-0.1, -0.05) is 19.1 Å². The Morgan fingerprint density at radius 1 is 1.04 bits per heavy atom. The van der Waals surface area contributed by atoms with Gasteiger partial charge in [0.1, 0.15) is 0 Å². The molecule has 0 bridgehead atoms. The van der Waals surface area contributed by atoms with Crippen LogP contribution >= 0.6 is 0 Å². The molecule has 0 aromatic heterocycles. The number of likely N-dealkylation sites (tertiary alicyclic amines) is 1. The highest BCUT2D eigenvalue weighted by Gasteiger charge is 2.35. The van der Waals surface area contributed by atoms with Crippen LogP contribution in [0.25, 0.3) is 0 Å². The molecule has 2 heterocycles. The summed E-state index contributed by atoms with van der Waals surface area (Å²) < 4.78 is 24.8. The van der Waals surface area contributed by atoms with Crippen molar-refractivity contribution in [1.82, 2.24) is 9.21 Å². The lowest BCUT2D eigenvalue weighted by Crippen LogP contribution is -2.40. The van der Waals surface area contributed by atoms with E-state index >= 15 is 0 Å². The molecule has 5 nitrogen and oxygen atoms in total. The van der Waals surface area contributed by atoms with Gasteiger partial charge in [0.2, 0.25) is 10.0 Å². The van der Waals surface area contributed by atoms with Crippen molar-refractivity contribution in [3.8, 4) is 0 Å². The van der Waals surface area contributed by atoms with Crippen LogP contribution in [0.15, 0.2) is 24.3 Å². The van der Waals surface area contributed by atoms with Gasteiger partial charge in [-0.25, -0.2) is 12.7 Å². The number of carbonyl (C=O) groups excluding carboxylic acids is 1. The van der Waals surface area contributed by atoms with Gasteiger partial charge >= 0.3 is 0 Å². The predicted molar refractivity (Wildman–Crippen MR) is 99.0 cm³/mol. The van der Waals surface area contributed by atoms with Crippen molar-refractivity contribution in [3.63, 3.8) is 0 Å². The molecule has 0 aliphatic carbocycles. The number of nitrogens with zero attached hydrogens (tertiary/aromatic N) is 2. The summed E-state index contributed by atoms with van der Waals surface area (Å²) in [6.07, 6.45) is 5.11. The van der Waals surface area contributed by atoms with Crippen LogP contribution in [0.1, 0.15) is 42.1 Å². The molecule has 138 valence electrons. The Kier molecular flexibility index (Phi) is 5.49. The lowest BCUT2D eigenvalue weighted by atomic mass is 9.84. The SMILES string of the molecule is CCc1ccc(C(=O)N2CCC(C3CCN(S(C)(=O)=O)CC3)C2)cc1. The Labute approximate surface area is 151 Å². The van der Waals surface area contributed by atoms with E-state index in [0.717, 1.165) is 44.3 Å². The molecule has 1 unspecified atom stereocenters. The average Bonchev–Trinajstić information content (AvgIpc) is 3.10. The van der Waals surface area contributed by atoms with Crippen LogP contribution < -0.4 is 0 Å². The maximum atomic E-state index is 12.7. The molecule has 1 atom stereocenters. The number of amides is 1. The Balaban J connectivity index is 1.56. The minimum absolute atomic E-state index is 0.124. The van der Waals surface area contributed by atoms with E-state index in [9.17, 15) is 13.2 Å². The molecule has 0 spiro atoms. The minimum atomic E-state index is -3.07. The van der Waals surface area contributed by atoms with Crippen molar-refractivity contribution in [2.24, 2.45) is 11.8 Å². The fourth-order valence-electron chi connectivity index (χ4n) is 4.10. The zero-order valence-corrected chi connectivity index (χ0v) is 16.0. The van der Waals surface area contributed by atoms with Gasteiger partial charge in [-0.05, 0) is 55.2 Å². The number of carbonyl (C=O) groups is 1. The highest BCUT2D eigenvalue weighted by Crippen LogP contribution is 2.33. The lowest BCUT2D eigenvalue weighted by Gasteiger charge is -2.33. The standard InChI is InChI=1S/C19H28N2O3S/c1-3-15-4-6-17(7-5-15)19(22)20-11-8-18(14-20)16-9-12-21(13-10-16)25(2,23)24/h4-7,16,18H,3,8-14H2,1-2H3. The van der Waals surface area contributed by atoms with Crippen LogP contribution in [0, 0.1) is 11.8 Å². The Bertz CT molecular complexity index is 707. The summed E-state index contributed by atoms with van der Waals surface area (Å²) in [5.74, 6) is 1.15. The number of aryl methyl sites for hydroxylation is 1. The van der Waals surface area contributed by atoms with Crippen LogP contribution in [-0.4, -0.2) is 56.0 Å². The first-order valence-electron chi connectivity index (χ1n) is 9.22. The smallest absolute Gasteiger partial charge is 0.253 e. The van der Waals surface area contributed by atoms with Crippen molar-refractivity contribution < 1.29 is 13.2 Å². The zero-order chi connectivity index (χ0) is 18.0. The maximum absolute atomic E-state index is 12.7. The summed E-state index contributed by atoms with van der Waals surface area (Å²) in [5, 5.41) is 0. The highest BCUT2D eigenvalue weighted by atomic mass is 32.2. The molecule has 0 saturated carbocycles. The molecule has 2 fully saturated rings. The van der Waals surface area contributed by atoms with Crippen LogP contribution in [0.3, 0.4) is 0 Å². The molecule has 2 saturated heterocycles. The van der Waals surface area contributed by atoms with E-state index in [1.165, 1.54) is 11.8 Å². The second-order valence-corrected chi connectivity index (χ2v) is 9.33. The largest absolute Gasteiger partial charge is 0.338 e. The van der Waals surface area contributed by atoms with E-state index in [1.807, 2.05) is 29.2 Å². The number of benzene rings is 1. The second kappa shape index (κ2) is 7.46. The third kappa shape index (κ3) is 4.23. The monoisotopic (exact) mass is 364 g/mol. The van der Waals surface area contributed by atoms with Crippen LogP contribution in [0.5, 0.6) is 0 Å². The van der Waals surface area contributed by atoms with E-state index in [4.69, 9.17) is 0 Å². The Morgan fingerprint density at radius 3 is 2.20 bits per heavy atom. The first-order valence-corrected chi connectivity index (χ1v) is 11.1. The first-order chi connectivity index (χ1) is 11.9. The quantitative estimate of drug-likeness (QED) is 0.824. The average molecular weight is 365 g/mol. The van der Waals surface area contributed by atoms with Gasteiger partial charge in [-0.2, -0.15) is 0 Å². The van der Waals surface area contributed by atoms with Crippen molar-refractivity contribution in [2.75, 3.05) is 32.4 Å². The highest BCUT2D eigenvalue weighted by molar-refractivity contribution is 7.88. The molecule has 1 aromatic rings. The molecule has 1 aromatic carbocycles. The number of hydrogen-bond acceptors (Lipinski definition) is 3. The Morgan fingerprint density at radius 2 is 1.64 bits per heavy atom. The van der Waals surface area contributed by atoms with Crippen molar-refractivity contribution in [1.29, 1.82) is 0 Å². The topological polar surface area (TPSA) is 57.7 Å². The van der Waals surface area contributed by atoms with Crippen LogP contribution in [0.2, 0.25) is 0 Å². The number of sulfonamides is 1. The molecule has 2 aliphatic heterocycles. The number of hydrogen-bond donors (Lipinski definition) is 0. The van der Waals surface area contributed by atoms with Crippen LogP contribution in [0.4, 0.5) is 0 Å². The summed E-state index contributed by atoms with van der Waals surface area (Å²) in [6, 6.07) is 7.92. The minimum Gasteiger partial charge on any atom is -0.338 e. The third-order valence-electron chi connectivity index (χ3n) is 5.76. The van der Waals surface area contributed by atoms with Gasteiger partial charge in [-0.15, -0.1) is 0 Å². The van der Waals surface area contributed by atoms with Crippen molar-refractivity contribution >= 4 is 15.9 Å². The normalized spacial score (nSPS) is 23.1. The van der Waals surface area contributed by atoms with E-state index in [2.05, 4.69) is 6.92 Å². The van der Waals surface area contributed by atoms with Gasteiger partial charge in [0, 0.05) is 31.7 Å². The number of rotatable bonds is 4. The molecule has 6 heteroatoms. The summed E-state index contributed by atoms with van der Waals surface area (Å²) in [5.41, 5.74) is 2.01. The van der Waals surface area contributed by atoms with E-state index in [-0.39, 0.29) is 5.91 Å². The van der Waals surface area contributed by atoms with Crippen molar-refractivity contribution in [2.45, 2.75) is 32.6 Å². The first kappa shape index (κ1) is 18.4. The fourth-order valence-corrected chi connectivity index (χ4v) is 4.98. The molecule has 25 heavy (non-hydrogen) atoms. The predicted octanol–water partition coefficient (Wildman–Crippen LogP) is 2.38. The third-order valence-corrected chi connectivity index (χ3v) is 7.06. The summed E-state index contributed by atoms with van der Waals surface area (Å²) in [6.45, 7) is 4.96. The Hall–Kier alpha value is -1.40. The molecular formula is C19H28N2O3S. The second-order valence-electron chi connectivity index (χ2n) is 7.35. The van der Waals surface area contributed by atoms with Gasteiger partial charge in [-0.3, -0.25) is 4.79 Å². The van der Waals surface area contributed by atoms with Gasteiger partial charge in [0.25, 0.3) is 5.91 Å². The van der Waals surface area contributed by atoms with Gasteiger partial charge in [0.05, 0.1) is 6.26 Å². The van der Waals surface area contributed by atoms with E-state index in [0.29, 0.717) is 24.9 Å². The van der Waals surface area contributed by atoms with Crippen LogP contribution in [-0.2, 0) is 16.4 Å². The van der Waals surface area contributed by atoms with Gasteiger partial charge < -0.3 is 4.90 Å². The molecule has 0 radical (unpaired) electrons. The molecular weight excluding hydrogens is 336 g/mol. The van der Waals surface area contributed by atoms with E-state index in [1.54, 1.807) is 4.31 Å². The molecule has 0 N–H and O–H groups in total. The number of piperidine rings is 1. The summed E-state index contributed by atoms with van der Waals surface area (Å²) >= 11 is 0. The van der Waals surface area contributed by atoms with Crippen molar-refractivity contribution in [3.05, 3.63) is 35.4 Å².